The van der Waals surface area contributed by atoms with E-state index < -0.39 is 0 Å². The summed E-state index contributed by atoms with van der Waals surface area (Å²) in [4.78, 5) is 6.46. The predicted molar refractivity (Wildman–Crippen MR) is 114 cm³/mol. The topological polar surface area (TPSA) is 59.9 Å². The van der Waals surface area contributed by atoms with Gasteiger partial charge in [-0.2, -0.15) is 0 Å². The molecule has 2 aromatic rings. The van der Waals surface area contributed by atoms with Crippen molar-refractivity contribution in [2.75, 3.05) is 40.8 Å². The molecule has 0 radical (unpaired) electrons. The highest BCUT2D eigenvalue weighted by atomic mass is 35.5. The molecule has 0 aliphatic heterocycles. The Bertz CT molecular complexity index is 704. The maximum atomic E-state index is 9.71. The van der Waals surface area contributed by atoms with E-state index >= 15 is 0 Å². The van der Waals surface area contributed by atoms with Crippen molar-refractivity contribution in [2.45, 2.75) is 12.0 Å². The number of hydrogen-bond donors (Lipinski definition) is 3. The summed E-state index contributed by atoms with van der Waals surface area (Å²) >= 11 is 6.00. The van der Waals surface area contributed by atoms with Crippen LogP contribution < -0.4 is 10.6 Å². The highest BCUT2D eigenvalue weighted by molar-refractivity contribution is 6.30. The molecule has 0 aromatic heterocycles. The SMILES string of the molecule is CN=C(NCC(CO)c1ccccc1)NCC(c1ccc(Cl)cc1)N(C)C. The highest BCUT2D eigenvalue weighted by Gasteiger charge is 2.15. The van der Waals surface area contributed by atoms with Gasteiger partial charge in [-0.05, 0) is 37.4 Å². The molecule has 0 aliphatic carbocycles. The maximum absolute atomic E-state index is 9.71. The predicted octanol–water partition coefficient (Wildman–Crippen LogP) is 2.88. The average molecular weight is 389 g/mol. The van der Waals surface area contributed by atoms with E-state index in [1.54, 1.807) is 7.05 Å². The molecule has 0 amide bonds. The van der Waals surface area contributed by atoms with Gasteiger partial charge in [-0.25, -0.2) is 0 Å². The Morgan fingerprint density at radius 2 is 1.63 bits per heavy atom. The molecular weight excluding hydrogens is 360 g/mol. The molecule has 2 rings (SSSR count). The Hall–Kier alpha value is -2.08. The molecule has 6 heteroatoms. The number of guanidine groups is 1. The van der Waals surface area contributed by atoms with Gasteiger partial charge in [0.25, 0.3) is 0 Å². The van der Waals surface area contributed by atoms with Crippen LogP contribution in [0.4, 0.5) is 0 Å². The second kappa shape index (κ2) is 10.9. The van der Waals surface area contributed by atoms with Crippen LogP contribution in [0.3, 0.4) is 0 Å². The zero-order valence-electron chi connectivity index (χ0n) is 16.2. The van der Waals surface area contributed by atoms with Gasteiger partial charge in [0.05, 0.1) is 12.6 Å². The number of aliphatic hydroxyl groups is 1. The zero-order chi connectivity index (χ0) is 19.6. The zero-order valence-corrected chi connectivity index (χ0v) is 16.9. The summed E-state index contributed by atoms with van der Waals surface area (Å²) < 4.78 is 0. The number of nitrogens with zero attached hydrogens (tertiary/aromatic N) is 2. The molecule has 0 saturated heterocycles. The Morgan fingerprint density at radius 1 is 1.00 bits per heavy atom. The summed E-state index contributed by atoms with van der Waals surface area (Å²) in [6, 6.07) is 18.1. The number of aliphatic imine (C=N–C) groups is 1. The Kier molecular flexibility index (Phi) is 8.58. The quantitative estimate of drug-likeness (QED) is 0.480. The minimum atomic E-state index is 0.0191. The van der Waals surface area contributed by atoms with Crippen LogP contribution in [0.5, 0.6) is 0 Å². The van der Waals surface area contributed by atoms with Gasteiger partial charge in [0, 0.05) is 31.1 Å². The van der Waals surface area contributed by atoms with Crippen molar-refractivity contribution < 1.29 is 5.11 Å². The number of rotatable bonds is 8. The highest BCUT2D eigenvalue weighted by Crippen LogP contribution is 2.20. The Balaban J connectivity index is 1.94. The van der Waals surface area contributed by atoms with E-state index in [-0.39, 0.29) is 18.6 Å². The number of aliphatic hydroxyl groups excluding tert-OH is 1. The molecule has 0 saturated carbocycles. The van der Waals surface area contributed by atoms with Gasteiger partial charge in [-0.3, -0.25) is 4.99 Å². The largest absolute Gasteiger partial charge is 0.396 e. The van der Waals surface area contributed by atoms with Crippen molar-refractivity contribution in [2.24, 2.45) is 4.99 Å². The average Bonchev–Trinajstić information content (AvgIpc) is 2.69. The molecule has 2 atom stereocenters. The van der Waals surface area contributed by atoms with Crippen LogP contribution in [0.15, 0.2) is 59.6 Å². The van der Waals surface area contributed by atoms with E-state index in [9.17, 15) is 5.11 Å². The summed E-state index contributed by atoms with van der Waals surface area (Å²) in [5.74, 6) is 0.732. The lowest BCUT2D eigenvalue weighted by molar-refractivity contribution is 0.264. The molecule has 27 heavy (non-hydrogen) atoms. The first kappa shape index (κ1) is 21.2. The maximum Gasteiger partial charge on any atom is 0.191 e. The van der Waals surface area contributed by atoms with Crippen LogP contribution in [-0.4, -0.2) is 56.8 Å². The second-order valence-electron chi connectivity index (χ2n) is 6.66. The molecule has 0 spiro atoms. The fourth-order valence-electron chi connectivity index (χ4n) is 2.93. The summed E-state index contributed by atoms with van der Waals surface area (Å²) in [5, 5.41) is 17.1. The van der Waals surface area contributed by atoms with Gasteiger partial charge in [0.2, 0.25) is 0 Å². The van der Waals surface area contributed by atoms with Gasteiger partial charge >= 0.3 is 0 Å². The third kappa shape index (κ3) is 6.54. The molecule has 0 bridgehead atoms. The number of benzene rings is 2. The minimum Gasteiger partial charge on any atom is -0.396 e. The van der Waals surface area contributed by atoms with E-state index in [1.165, 1.54) is 5.56 Å². The van der Waals surface area contributed by atoms with E-state index in [2.05, 4.69) is 20.5 Å². The van der Waals surface area contributed by atoms with Crippen LogP contribution in [0.25, 0.3) is 0 Å². The third-order valence-corrected chi connectivity index (χ3v) is 4.82. The van der Waals surface area contributed by atoms with Crippen molar-refractivity contribution in [3.05, 3.63) is 70.7 Å². The van der Waals surface area contributed by atoms with Crippen LogP contribution in [0.2, 0.25) is 5.02 Å². The molecule has 0 fully saturated rings. The summed E-state index contributed by atoms with van der Waals surface area (Å²) in [6.07, 6.45) is 0. The molecule has 5 nitrogen and oxygen atoms in total. The Labute approximate surface area is 167 Å². The normalized spacial score (nSPS) is 14.1. The van der Waals surface area contributed by atoms with Crippen molar-refractivity contribution in [3.63, 3.8) is 0 Å². The number of likely N-dealkylation sites (N-methyl/N-ethyl adjacent to an activating group) is 1. The Morgan fingerprint density at radius 3 is 2.19 bits per heavy atom. The molecule has 0 heterocycles. The monoisotopic (exact) mass is 388 g/mol. The summed E-state index contributed by atoms with van der Waals surface area (Å²) in [7, 11) is 5.85. The van der Waals surface area contributed by atoms with Gasteiger partial charge in [-0.1, -0.05) is 54.1 Å². The van der Waals surface area contributed by atoms with Crippen LogP contribution in [-0.2, 0) is 0 Å². The van der Waals surface area contributed by atoms with Crippen molar-refractivity contribution >= 4 is 17.6 Å². The second-order valence-corrected chi connectivity index (χ2v) is 7.09. The molecule has 146 valence electrons. The number of hydrogen-bond acceptors (Lipinski definition) is 3. The fourth-order valence-corrected chi connectivity index (χ4v) is 3.06. The van der Waals surface area contributed by atoms with Crippen molar-refractivity contribution in [1.82, 2.24) is 15.5 Å². The number of nitrogens with one attached hydrogen (secondary N) is 2. The van der Waals surface area contributed by atoms with E-state index in [1.807, 2.05) is 68.7 Å². The van der Waals surface area contributed by atoms with Crippen molar-refractivity contribution in [1.29, 1.82) is 0 Å². The lowest BCUT2D eigenvalue weighted by Crippen LogP contribution is -2.43. The van der Waals surface area contributed by atoms with E-state index in [0.29, 0.717) is 19.0 Å². The molecule has 0 aliphatic rings. The smallest absolute Gasteiger partial charge is 0.191 e. The standard InChI is InChI=1S/C21H29ClN4O/c1-23-21(24-13-18(15-27)16-7-5-4-6-8-16)25-14-20(26(2)3)17-9-11-19(22)12-10-17/h4-12,18,20,27H,13-15H2,1-3H3,(H2,23,24,25). The third-order valence-electron chi connectivity index (χ3n) is 4.57. The van der Waals surface area contributed by atoms with Crippen LogP contribution in [0.1, 0.15) is 23.1 Å². The fraction of sp³-hybridized carbons (Fsp3) is 0.381. The first-order valence-electron chi connectivity index (χ1n) is 9.07. The first-order chi connectivity index (χ1) is 13.0. The lowest BCUT2D eigenvalue weighted by atomic mass is 10.0. The molecule has 3 N–H and O–H groups in total. The molecule has 2 aromatic carbocycles. The molecular formula is C21H29ClN4O. The van der Waals surface area contributed by atoms with Gasteiger partial charge in [0.15, 0.2) is 5.96 Å². The minimum absolute atomic E-state index is 0.0191. The van der Waals surface area contributed by atoms with Gasteiger partial charge < -0.3 is 20.6 Å². The van der Waals surface area contributed by atoms with Crippen molar-refractivity contribution in [3.8, 4) is 0 Å². The van der Waals surface area contributed by atoms with E-state index in [0.717, 1.165) is 10.6 Å². The summed E-state index contributed by atoms with van der Waals surface area (Å²) in [5.41, 5.74) is 2.29. The van der Waals surface area contributed by atoms with Crippen LogP contribution >= 0.6 is 11.6 Å². The first-order valence-corrected chi connectivity index (χ1v) is 9.45. The summed E-state index contributed by atoms with van der Waals surface area (Å²) in [6.45, 7) is 1.39. The van der Waals surface area contributed by atoms with Gasteiger partial charge in [-0.15, -0.1) is 0 Å². The van der Waals surface area contributed by atoms with Crippen LogP contribution in [0, 0.1) is 0 Å². The van der Waals surface area contributed by atoms with Gasteiger partial charge in [0.1, 0.15) is 0 Å². The lowest BCUT2D eigenvalue weighted by Gasteiger charge is -2.26. The molecule has 2 unspecified atom stereocenters. The number of halogens is 1. The van der Waals surface area contributed by atoms with E-state index in [4.69, 9.17) is 11.6 Å².